The summed E-state index contributed by atoms with van der Waals surface area (Å²) in [6.07, 6.45) is 4.67. The van der Waals surface area contributed by atoms with E-state index < -0.39 is 18.4 Å². The van der Waals surface area contributed by atoms with Crippen LogP contribution in [-0.2, 0) is 4.79 Å². The van der Waals surface area contributed by atoms with Crippen molar-refractivity contribution in [3.8, 4) is 5.75 Å². The maximum atomic E-state index is 12.3. The van der Waals surface area contributed by atoms with Crippen molar-refractivity contribution < 1.29 is 19.4 Å². The third-order valence-electron chi connectivity index (χ3n) is 3.29. The summed E-state index contributed by atoms with van der Waals surface area (Å²) < 4.78 is 5.70. The lowest BCUT2D eigenvalue weighted by Gasteiger charge is -2.12. The smallest absolute Gasteiger partial charge is 0.322 e. The molecule has 2 N–H and O–H groups in total. The largest absolute Gasteiger partial charge is 0.489 e. The molecule has 0 atom stereocenters. The number of amides is 1. The van der Waals surface area contributed by atoms with Gasteiger partial charge >= 0.3 is 5.97 Å². The van der Waals surface area contributed by atoms with Gasteiger partial charge in [-0.3, -0.25) is 9.59 Å². The van der Waals surface area contributed by atoms with Gasteiger partial charge in [0.05, 0.1) is 5.56 Å². The molecule has 2 aromatic carbocycles. The fourth-order valence-electron chi connectivity index (χ4n) is 2.17. The van der Waals surface area contributed by atoms with E-state index in [4.69, 9.17) is 9.84 Å². The molecule has 0 aliphatic heterocycles. The molecule has 2 rings (SSSR count). The number of fused-ring (bicyclic) bond motifs is 1. The number of carbonyl (C=O) groups is 2. The number of rotatable bonds is 8. The van der Waals surface area contributed by atoms with Crippen LogP contribution in [0.25, 0.3) is 10.8 Å². The van der Waals surface area contributed by atoms with Crippen LogP contribution >= 0.6 is 12.6 Å². The first-order chi connectivity index (χ1) is 11.6. The summed E-state index contributed by atoms with van der Waals surface area (Å²) in [5.41, 5.74) is 0.317. The molecule has 0 heterocycles. The topological polar surface area (TPSA) is 75.6 Å². The maximum Gasteiger partial charge on any atom is 0.322 e. The van der Waals surface area contributed by atoms with Crippen LogP contribution in [0.15, 0.2) is 48.6 Å². The first-order valence-corrected chi connectivity index (χ1v) is 8.16. The molecular formula is C18H19NO4S. The van der Waals surface area contributed by atoms with E-state index >= 15 is 0 Å². The first kappa shape index (κ1) is 17.9. The first-order valence-electron chi connectivity index (χ1n) is 7.53. The molecule has 0 saturated heterocycles. The molecule has 0 spiro atoms. The highest BCUT2D eigenvalue weighted by atomic mass is 32.1. The second-order valence-electron chi connectivity index (χ2n) is 5.07. The fourth-order valence-corrected chi connectivity index (χ4v) is 2.31. The van der Waals surface area contributed by atoms with Crippen molar-refractivity contribution in [3.63, 3.8) is 0 Å². The summed E-state index contributed by atoms with van der Waals surface area (Å²) in [6, 6.07) is 11.1. The van der Waals surface area contributed by atoms with E-state index in [1.807, 2.05) is 36.4 Å². The number of carbonyl (C=O) groups excluding carboxylic acids is 1. The molecule has 0 aromatic heterocycles. The van der Waals surface area contributed by atoms with E-state index in [1.165, 1.54) is 0 Å². The number of hydrogen-bond acceptors (Lipinski definition) is 4. The number of benzene rings is 2. The van der Waals surface area contributed by atoms with Crippen molar-refractivity contribution in [2.24, 2.45) is 0 Å². The summed E-state index contributed by atoms with van der Waals surface area (Å²) in [6.45, 7) is -0.113. The molecule has 0 radical (unpaired) electrons. The van der Waals surface area contributed by atoms with Crippen molar-refractivity contribution >= 4 is 35.3 Å². The minimum atomic E-state index is -1.10. The molecule has 6 heteroatoms. The number of nitrogens with one attached hydrogen (secondary N) is 1. The second kappa shape index (κ2) is 8.98. The lowest BCUT2D eigenvalue weighted by atomic mass is 10.1. The van der Waals surface area contributed by atoms with Crippen molar-refractivity contribution in [2.45, 2.75) is 6.42 Å². The Balaban J connectivity index is 2.25. The lowest BCUT2D eigenvalue weighted by Crippen LogP contribution is -2.29. The molecule has 5 nitrogen and oxygen atoms in total. The zero-order valence-corrected chi connectivity index (χ0v) is 14.0. The van der Waals surface area contributed by atoms with Crippen molar-refractivity contribution in [3.05, 3.63) is 54.1 Å². The van der Waals surface area contributed by atoms with E-state index in [2.05, 4.69) is 17.9 Å². The van der Waals surface area contributed by atoms with Gasteiger partial charge in [0.1, 0.15) is 18.9 Å². The normalized spacial score (nSPS) is 10.9. The van der Waals surface area contributed by atoms with Gasteiger partial charge in [0.25, 0.3) is 5.91 Å². The highest BCUT2D eigenvalue weighted by molar-refractivity contribution is 7.80. The van der Waals surface area contributed by atoms with Gasteiger partial charge in [0.15, 0.2) is 0 Å². The SMILES string of the molecule is O=C(O)CNC(=O)c1cc2ccccc2cc1OC/C=C/CCS. The third-order valence-corrected chi connectivity index (χ3v) is 3.55. The van der Waals surface area contributed by atoms with Gasteiger partial charge in [0.2, 0.25) is 0 Å². The summed E-state index contributed by atoms with van der Waals surface area (Å²) in [5, 5.41) is 12.9. The Kier molecular flexibility index (Phi) is 6.69. The number of carboxylic acid groups (broad SMARTS) is 1. The van der Waals surface area contributed by atoms with E-state index in [0.717, 1.165) is 22.9 Å². The highest BCUT2D eigenvalue weighted by Gasteiger charge is 2.14. The molecule has 1 amide bonds. The molecule has 126 valence electrons. The zero-order valence-electron chi connectivity index (χ0n) is 13.1. The van der Waals surface area contributed by atoms with E-state index in [9.17, 15) is 9.59 Å². The maximum absolute atomic E-state index is 12.3. The monoisotopic (exact) mass is 345 g/mol. The zero-order chi connectivity index (χ0) is 17.4. The number of hydrogen-bond donors (Lipinski definition) is 3. The Morgan fingerprint density at radius 2 is 1.88 bits per heavy atom. The van der Waals surface area contributed by atoms with Gasteiger partial charge in [-0.15, -0.1) is 0 Å². The number of thiol groups is 1. The fraction of sp³-hybridized carbons (Fsp3) is 0.222. The average molecular weight is 345 g/mol. The van der Waals surface area contributed by atoms with Crippen LogP contribution in [0, 0.1) is 0 Å². The molecule has 0 aliphatic rings. The lowest BCUT2D eigenvalue weighted by molar-refractivity contribution is -0.135. The molecule has 0 bridgehead atoms. The van der Waals surface area contributed by atoms with Crippen LogP contribution in [-0.4, -0.2) is 35.9 Å². The van der Waals surface area contributed by atoms with Gasteiger partial charge in [0, 0.05) is 0 Å². The second-order valence-corrected chi connectivity index (χ2v) is 5.51. The molecule has 2 aromatic rings. The predicted molar refractivity (Wildman–Crippen MR) is 97.0 cm³/mol. The predicted octanol–water partition coefficient (Wildman–Crippen LogP) is 2.91. The summed E-state index contributed by atoms with van der Waals surface area (Å²) >= 11 is 4.12. The van der Waals surface area contributed by atoms with E-state index in [0.29, 0.717) is 17.9 Å². The molecule has 0 fully saturated rings. The van der Waals surface area contributed by atoms with Gasteiger partial charge in [-0.1, -0.05) is 36.4 Å². The molecular weight excluding hydrogens is 326 g/mol. The minimum absolute atomic E-state index is 0.317. The van der Waals surface area contributed by atoms with Gasteiger partial charge in [-0.25, -0.2) is 0 Å². The van der Waals surface area contributed by atoms with E-state index in [1.54, 1.807) is 12.1 Å². The highest BCUT2D eigenvalue weighted by Crippen LogP contribution is 2.26. The summed E-state index contributed by atoms with van der Waals surface area (Å²) in [7, 11) is 0. The average Bonchev–Trinajstić information content (AvgIpc) is 2.58. The van der Waals surface area contributed by atoms with Crippen LogP contribution in [0.3, 0.4) is 0 Å². The summed E-state index contributed by atoms with van der Waals surface area (Å²) in [5.74, 6) is -0.388. The molecule has 0 unspecified atom stereocenters. The van der Waals surface area contributed by atoms with Crippen LogP contribution in [0.2, 0.25) is 0 Å². The Hall–Kier alpha value is -2.47. The Bertz CT molecular complexity index is 758. The molecule has 24 heavy (non-hydrogen) atoms. The Labute approximate surface area is 145 Å². The van der Waals surface area contributed by atoms with Gasteiger partial charge < -0.3 is 15.2 Å². The number of carboxylic acids is 1. The Morgan fingerprint density at radius 1 is 1.17 bits per heavy atom. The number of allylic oxidation sites excluding steroid dienone is 1. The Morgan fingerprint density at radius 3 is 2.54 bits per heavy atom. The molecule has 0 aliphatic carbocycles. The standard InChI is InChI=1S/C18H19NO4S/c20-17(21)12-19-18(22)15-10-13-6-2-3-7-14(13)11-16(15)23-8-4-1-5-9-24/h1-4,6-7,10-11,24H,5,8-9,12H2,(H,19,22)(H,20,21)/b4-1+. The van der Waals surface area contributed by atoms with Crippen LogP contribution in [0.5, 0.6) is 5.75 Å². The minimum Gasteiger partial charge on any atom is -0.489 e. The number of ether oxygens (including phenoxy) is 1. The number of aliphatic carboxylic acids is 1. The summed E-state index contributed by atoms with van der Waals surface area (Å²) in [4.78, 5) is 22.9. The van der Waals surface area contributed by atoms with Crippen molar-refractivity contribution in [1.29, 1.82) is 0 Å². The quantitative estimate of drug-likeness (QED) is 0.508. The van der Waals surface area contributed by atoms with E-state index in [-0.39, 0.29) is 0 Å². The van der Waals surface area contributed by atoms with Crippen LogP contribution in [0.4, 0.5) is 0 Å². The van der Waals surface area contributed by atoms with Crippen molar-refractivity contribution in [2.75, 3.05) is 18.9 Å². The van der Waals surface area contributed by atoms with Crippen LogP contribution in [0.1, 0.15) is 16.8 Å². The third kappa shape index (κ3) is 5.03. The van der Waals surface area contributed by atoms with Crippen LogP contribution < -0.4 is 10.1 Å². The molecule has 0 saturated carbocycles. The van der Waals surface area contributed by atoms with Crippen molar-refractivity contribution in [1.82, 2.24) is 5.32 Å². The van der Waals surface area contributed by atoms with Gasteiger partial charge in [-0.05, 0) is 35.1 Å². The van der Waals surface area contributed by atoms with Gasteiger partial charge in [-0.2, -0.15) is 12.6 Å².